The molecular formula is C33H30BrClN2O5S. The average molecular weight is 682 g/mol. The standard InChI is InChI=1S/C33H30BrClN2O5S/c1-4-9-25-29(32(39)41-5-2)30(24-18-23(35)13-15-27(24)40-3)37-31(38)28(43-33(37)36-25)17-21-16-22(34)12-14-26(21)42-19-20-10-7-6-8-11-20/h6-8,10-18,30H,4-5,9,19H2,1-3H3/b28-17+/t30-/m1/s1. The zero-order chi connectivity index (χ0) is 30.5. The van der Waals surface area contributed by atoms with Gasteiger partial charge in [0.1, 0.15) is 24.1 Å². The number of aromatic nitrogens is 1. The molecule has 4 aromatic rings. The summed E-state index contributed by atoms with van der Waals surface area (Å²) in [4.78, 5) is 33.0. The van der Waals surface area contributed by atoms with Gasteiger partial charge in [-0.25, -0.2) is 9.79 Å². The SMILES string of the molecule is CCCC1=C(C(=O)OCC)[C@@H](c2cc(Cl)ccc2OC)n2c(s/c(=C/c3cc(Br)ccc3OCc3ccccc3)c2=O)=N1. The van der Waals surface area contributed by atoms with Crippen molar-refractivity contribution in [2.75, 3.05) is 13.7 Å². The molecule has 3 aromatic carbocycles. The molecule has 0 radical (unpaired) electrons. The van der Waals surface area contributed by atoms with Crippen molar-refractivity contribution in [2.24, 2.45) is 4.99 Å². The van der Waals surface area contributed by atoms with Crippen LogP contribution in [0, 0.1) is 0 Å². The fourth-order valence-electron chi connectivity index (χ4n) is 4.97. The second-order valence-electron chi connectivity index (χ2n) is 9.76. The molecule has 1 aromatic heterocycles. The Morgan fingerprint density at radius 3 is 2.58 bits per heavy atom. The Bertz CT molecular complexity index is 1870. The Kier molecular flexibility index (Phi) is 9.85. The van der Waals surface area contributed by atoms with E-state index in [1.807, 2.05) is 55.5 Å². The molecule has 0 amide bonds. The lowest BCUT2D eigenvalue weighted by molar-refractivity contribution is -0.139. The number of nitrogens with zero attached hydrogens (tertiary/aromatic N) is 2. The van der Waals surface area contributed by atoms with Crippen LogP contribution in [-0.4, -0.2) is 24.3 Å². The number of ether oxygens (including phenoxy) is 3. The van der Waals surface area contributed by atoms with Crippen molar-refractivity contribution in [3.63, 3.8) is 0 Å². The van der Waals surface area contributed by atoms with Gasteiger partial charge in [-0.2, -0.15) is 0 Å². The van der Waals surface area contributed by atoms with Gasteiger partial charge in [0, 0.05) is 20.6 Å². The highest BCUT2D eigenvalue weighted by atomic mass is 79.9. The third-order valence-corrected chi connectivity index (χ3v) is 8.59. The van der Waals surface area contributed by atoms with E-state index < -0.39 is 12.0 Å². The zero-order valence-electron chi connectivity index (χ0n) is 23.9. The number of thiazole rings is 1. The van der Waals surface area contributed by atoms with E-state index >= 15 is 0 Å². The van der Waals surface area contributed by atoms with Crippen molar-refractivity contribution in [3.8, 4) is 11.5 Å². The summed E-state index contributed by atoms with van der Waals surface area (Å²) < 4.78 is 20.2. The van der Waals surface area contributed by atoms with Crippen LogP contribution in [0.2, 0.25) is 5.02 Å². The van der Waals surface area contributed by atoms with Gasteiger partial charge in [-0.05, 0) is 61.4 Å². The predicted octanol–water partition coefficient (Wildman–Crippen LogP) is 6.58. The predicted molar refractivity (Wildman–Crippen MR) is 173 cm³/mol. The summed E-state index contributed by atoms with van der Waals surface area (Å²) in [5, 5.41) is 0.449. The number of esters is 1. The lowest BCUT2D eigenvalue weighted by atomic mass is 9.93. The van der Waals surface area contributed by atoms with Crippen molar-refractivity contribution in [3.05, 3.63) is 124 Å². The molecule has 222 valence electrons. The van der Waals surface area contributed by atoms with E-state index in [9.17, 15) is 9.59 Å². The molecule has 0 aliphatic carbocycles. The first-order chi connectivity index (χ1) is 20.8. The van der Waals surface area contributed by atoms with Crippen LogP contribution in [0.15, 0.2) is 92.3 Å². The lowest BCUT2D eigenvalue weighted by Crippen LogP contribution is -2.40. The van der Waals surface area contributed by atoms with Crippen molar-refractivity contribution in [1.29, 1.82) is 0 Å². The third-order valence-electron chi connectivity index (χ3n) is 6.87. The molecule has 1 aliphatic heterocycles. The Hall–Kier alpha value is -3.66. The number of rotatable bonds is 10. The second kappa shape index (κ2) is 13.8. The largest absolute Gasteiger partial charge is 0.496 e. The fourth-order valence-corrected chi connectivity index (χ4v) is 6.54. The first-order valence-corrected chi connectivity index (χ1v) is 15.8. The minimum Gasteiger partial charge on any atom is -0.496 e. The van der Waals surface area contributed by atoms with Crippen LogP contribution < -0.4 is 24.4 Å². The van der Waals surface area contributed by atoms with E-state index in [0.717, 1.165) is 22.0 Å². The topological polar surface area (TPSA) is 79.1 Å². The summed E-state index contributed by atoms with van der Waals surface area (Å²) in [5.41, 5.74) is 2.91. The summed E-state index contributed by atoms with van der Waals surface area (Å²) in [5.74, 6) is 0.594. The van der Waals surface area contributed by atoms with Gasteiger partial charge in [0.05, 0.1) is 29.5 Å². The van der Waals surface area contributed by atoms with Gasteiger partial charge in [-0.1, -0.05) is 82.5 Å². The smallest absolute Gasteiger partial charge is 0.338 e. The Morgan fingerprint density at radius 1 is 1.09 bits per heavy atom. The summed E-state index contributed by atoms with van der Waals surface area (Å²) in [6.07, 6.45) is 3.08. The van der Waals surface area contributed by atoms with Crippen LogP contribution in [0.5, 0.6) is 11.5 Å². The van der Waals surface area contributed by atoms with Crippen LogP contribution in [0.4, 0.5) is 0 Å². The molecule has 5 rings (SSSR count). The number of carbonyl (C=O) groups excluding carboxylic acids is 1. The first-order valence-electron chi connectivity index (χ1n) is 13.9. The first kappa shape index (κ1) is 30.8. The highest BCUT2D eigenvalue weighted by Crippen LogP contribution is 2.38. The van der Waals surface area contributed by atoms with Crippen LogP contribution in [0.25, 0.3) is 6.08 Å². The Morgan fingerprint density at radius 2 is 1.86 bits per heavy atom. The van der Waals surface area contributed by atoms with E-state index in [0.29, 0.717) is 55.7 Å². The zero-order valence-corrected chi connectivity index (χ0v) is 27.1. The molecule has 0 unspecified atom stereocenters. The quantitative estimate of drug-likeness (QED) is 0.177. The molecule has 0 bridgehead atoms. The summed E-state index contributed by atoms with van der Waals surface area (Å²) in [6, 6.07) is 19.9. The molecule has 2 heterocycles. The summed E-state index contributed by atoms with van der Waals surface area (Å²) >= 11 is 11.2. The van der Waals surface area contributed by atoms with Crippen molar-refractivity contribution in [1.82, 2.24) is 4.57 Å². The third kappa shape index (κ3) is 6.64. The van der Waals surface area contributed by atoms with Gasteiger partial charge in [-0.15, -0.1) is 0 Å². The Labute approximate surface area is 266 Å². The highest BCUT2D eigenvalue weighted by Gasteiger charge is 2.36. The average Bonchev–Trinajstić information content (AvgIpc) is 3.31. The molecule has 0 N–H and O–H groups in total. The van der Waals surface area contributed by atoms with E-state index in [4.69, 9.17) is 30.8 Å². The van der Waals surface area contributed by atoms with E-state index in [1.165, 1.54) is 11.3 Å². The van der Waals surface area contributed by atoms with Gasteiger partial charge in [-0.3, -0.25) is 9.36 Å². The summed E-state index contributed by atoms with van der Waals surface area (Å²) in [7, 11) is 1.54. The van der Waals surface area contributed by atoms with Crippen molar-refractivity contribution in [2.45, 2.75) is 39.3 Å². The maximum absolute atomic E-state index is 14.2. The van der Waals surface area contributed by atoms with Gasteiger partial charge >= 0.3 is 5.97 Å². The van der Waals surface area contributed by atoms with Crippen LogP contribution in [0.1, 0.15) is 49.4 Å². The maximum Gasteiger partial charge on any atom is 0.338 e. The highest BCUT2D eigenvalue weighted by molar-refractivity contribution is 9.10. The van der Waals surface area contributed by atoms with Gasteiger partial charge in [0.2, 0.25) is 0 Å². The number of hydrogen-bond acceptors (Lipinski definition) is 7. The number of methoxy groups -OCH3 is 1. The van der Waals surface area contributed by atoms with E-state index in [2.05, 4.69) is 15.9 Å². The normalized spacial score (nSPS) is 14.7. The number of benzene rings is 3. The molecule has 43 heavy (non-hydrogen) atoms. The van der Waals surface area contributed by atoms with Crippen molar-refractivity contribution < 1.29 is 19.0 Å². The minimum absolute atomic E-state index is 0.181. The van der Waals surface area contributed by atoms with Gasteiger partial charge in [0.25, 0.3) is 5.56 Å². The second-order valence-corrected chi connectivity index (χ2v) is 12.1. The molecular weight excluding hydrogens is 652 g/mol. The molecule has 0 saturated heterocycles. The molecule has 1 atom stereocenters. The van der Waals surface area contributed by atoms with Crippen LogP contribution in [-0.2, 0) is 16.1 Å². The Balaban J connectivity index is 1.71. The monoisotopic (exact) mass is 680 g/mol. The summed E-state index contributed by atoms with van der Waals surface area (Å²) in [6.45, 7) is 4.32. The van der Waals surface area contributed by atoms with Gasteiger partial charge in [0.15, 0.2) is 4.80 Å². The number of fused-ring (bicyclic) bond motifs is 1. The maximum atomic E-state index is 14.2. The van der Waals surface area contributed by atoms with E-state index in [1.54, 1.807) is 42.9 Å². The van der Waals surface area contributed by atoms with Crippen molar-refractivity contribution >= 4 is 50.9 Å². The molecule has 10 heteroatoms. The number of allylic oxidation sites excluding steroid dienone is 1. The fraction of sp³-hybridized carbons (Fsp3) is 0.242. The van der Waals surface area contributed by atoms with Gasteiger partial charge < -0.3 is 14.2 Å². The molecule has 0 spiro atoms. The minimum atomic E-state index is -0.844. The molecule has 1 aliphatic rings. The lowest BCUT2D eigenvalue weighted by Gasteiger charge is -2.27. The number of carbonyl (C=O) groups is 1. The van der Waals surface area contributed by atoms with Crippen LogP contribution >= 0.6 is 38.9 Å². The molecule has 0 saturated carbocycles. The number of halogens is 2. The number of hydrogen-bond donors (Lipinski definition) is 0. The van der Waals surface area contributed by atoms with E-state index in [-0.39, 0.29) is 12.2 Å². The van der Waals surface area contributed by atoms with Crippen LogP contribution in [0.3, 0.4) is 0 Å². The molecule has 7 nitrogen and oxygen atoms in total. The molecule has 0 fully saturated rings.